The highest BCUT2D eigenvalue weighted by Crippen LogP contribution is 2.28. The number of halogens is 1. The molecule has 2 N–H and O–H groups in total. The average molecular weight is 356 g/mol. The van der Waals surface area contributed by atoms with Gasteiger partial charge in [0, 0.05) is 6.54 Å². The maximum atomic E-state index is 12.3. The molecule has 2 aliphatic rings. The van der Waals surface area contributed by atoms with Crippen LogP contribution in [0.15, 0.2) is 0 Å². The zero-order chi connectivity index (χ0) is 16.1. The van der Waals surface area contributed by atoms with Crippen LogP contribution in [0.2, 0.25) is 0 Å². The van der Waals surface area contributed by atoms with Crippen molar-refractivity contribution in [1.82, 2.24) is 25.6 Å². The number of hydrogen-bond acceptors (Lipinski definition) is 4. The smallest absolute Gasteiger partial charge is 0.273 e. The normalized spacial score (nSPS) is 19.2. The van der Waals surface area contributed by atoms with Gasteiger partial charge in [-0.1, -0.05) is 30.9 Å². The fraction of sp³-hybridized carbons (Fsp3) is 0.824. The van der Waals surface area contributed by atoms with E-state index in [1.807, 2.05) is 11.6 Å². The van der Waals surface area contributed by atoms with Crippen LogP contribution < -0.4 is 10.6 Å². The first-order valence-corrected chi connectivity index (χ1v) is 9.16. The van der Waals surface area contributed by atoms with E-state index in [0.717, 1.165) is 50.5 Å². The van der Waals surface area contributed by atoms with Crippen LogP contribution in [0.3, 0.4) is 0 Å². The second-order valence-corrected chi connectivity index (χ2v) is 7.00. The molecular weight excluding hydrogens is 326 g/mol. The Balaban J connectivity index is 0.00000208. The van der Waals surface area contributed by atoms with Gasteiger partial charge in [-0.15, -0.1) is 17.5 Å². The third-order valence-corrected chi connectivity index (χ3v) is 5.35. The first-order valence-electron chi connectivity index (χ1n) is 9.16. The molecule has 136 valence electrons. The van der Waals surface area contributed by atoms with E-state index >= 15 is 0 Å². The van der Waals surface area contributed by atoms with Crippen LogP contribution in [0.5, 0.6) is 0 Å². The first-order chi connectivity index (χ1) is 11.3. The molecule has 1 aromatic rings. The van der Waals surface area contributed by atoms with Crippen LogP contribution in [0.25, 0.3) is 0 Å². The quantitative estimate of drug-likeness (QED) is 0.769. The number of rotatable bonds is 6. The van der Waals surface area contributed by atoms with Crippen molar-refractivity contribution < 1.29 is 4.79 Å². The van der Waals surface area contributed by atoms with Crippen LogP contribution in [-0.4, -0.2) is 40.5 Å². The molecule has 0 aromatic carbocycles. The van der Waals surface area contributed by atoms with Crippen molar-refractivity contribution in [2.24, 2.45) is 5.92 Å². The fourth-order valence-corrected chi connectivity index (χ4v) is 3.92. The Morgan fingerprint density at radius 3 is 2.67 bits per heavy atom. The molecule has 0 atom stereocenters. The Bertz CT molecular complexity index is 521. The second kappa shape index (κ2) is 9.37. The number of piperidine rings is 1. The summed E-state index contributed by atoms with van der Waals surface area (Å²) in [4.78, 5) is 12.3. The molecule has 1 aromatic heterocycles. The van der Waals surface area contributed by atoms with Crippen molar-refractivity contribution in [3.8, 4) is 0 Å². The van der Waals surface area contributed by atoms with Gasteiger partial charge in [0.2, 0.25) is 0 Å². The summed E-state index contributed by atoms with van der Waals surface area (Å²) in [6.07, 6.45) is 9.92. The summed E-state index contributed by atoms with van der Waals surface area (Å²) in [5.74, 6) is 0.809. The van der Waals surface area contributed by atoms with E-state index in [0.29, 0.717) is 11.7 Å². The Labute approximate surface area is 150 Å². The highest BCUT2D eigenvalue weighted by atomic mass is 35.5. The lowest BCUT2D eigenvalue weighted by atomic mass is 10.0. The third kappa shape index (κ3) is 4.70. The minimum atomic E-state index is -0.0749. The molecule has 7 heteroatoms. The number of carbonyl (C=O) groups excluding carboxylic acids is 1. The SMILES string of the molecule is Cc1c(C(=O)NCCCC2CCCC2)nnn1C1CCNCC1.Cl. The maximum absolute atomic E-state index is 12.3. The number of amides is 1. The number of carbonyl (C=O) groups is 1. The number of nitrogens with one attached hydrogen (secondary N) is 2. The van der Waals surface area contributed by atoms with Gasteiger partial charge in [-0.3, -0.25) is 4.79 Å². The minimum absolute atomic E-state index is 0. The van der Waals surface area contributed by atoms with Crippen LogP contribution in [0.4, 0.5) is 0 Å². The van der Waals surface area contributed by atoms with Gasteiger partial charge in [-0.05, 0) is 51.6 Å². The molecule has 2 fully saturated rings. The Morgan fingerprint density at radius 2 is 1.96 bits per heavy atom. The van der Waals surface area contributed by atoms with Gasteiger partial charge in [0.1, 0.15) is 0 Å². The molecule has 3 rings (SSSR count). The van der Waals surface area contributed by atoms with Gasteiger partial charge in [-0.2, -0.15) is 0 Å². The van der Waals surface area contributed by atoms with Gasteiger partial charge < -0.3 is 10.6 Å². The van der Waals surface area contributed by atoms with E-state index in [-0.39, 0.29) is 18.3 Å². The summed E-state index contributed by atoms with van der Waals surface area (Å²) >= 11 is 0. The monoisotopic (exact) mass is 355 g/mol. The van der Waals surface area contributed by atoms with Gasteiger partial charge in [0.15, 0.2) is 5.69 Å². The largest absolute Gasteiger partial charge is 0.351 e. The Kier molecular flexibility index (Phi) is 7.49. The summed E-state index contributed by atoms with van der Waals surface area (Å²) in [6.45, 7) is 4.71. The highest BCUT2D eigenvalue weighted by molar-refractivity contribution is 5.93. The van der Waals surface area contributed by atoms with Crippen LogP contribution in [-0.2, 0) is 0 Å². The van der Waals surface area contributed by atoms with Gasteiger partial charge in [-0.25, -0.2) is 4.68 Å². The molecule has 0 unspecified atom stereocenters. The van der Waals surface area contributed by atoms with Crippen LogP contribution >= 0.6 is 12.4 Å². The highest BCUT2D eigenvalue weighted by Gasteiger charge is 2.22. The molecule has 0 radical (unpaired) electrons. The lowest BCUT2D eigenvalue weighted by Crippen LogP contribution is -2.30. The van der Waals surface area contributed by atoms with Crippen molar-refractivity contribution >= 4 is 18.3 Å². The minimum Gasteiger partial charge on any atom is -0.351 e. The van der Waals surface area contributed by atoms with Crippen molar-refractivity contribution in [2.45, 2.75) is 64.3 Å². The standard InChI is InChI=1S/C17H29N5O.ClH/c1-13-16(20-21-22(13)15-8-11-18-12-9-15)17(23)19-10-4-7-14-5-2-3-6-14;/h14-15,18H,2-12H2,1H3,(H,19,23);1H. The third-order valence-electron chi connectivity index (χ3n) is 5.35. The van der Waals surface area contributed by atoms with E-state index in [2.05, 4.69) is 20.9 Å². The molecule has 1 saturated carbocycles. The van der Waals surface area contributed by atoms with Gasteiger partial charge in [0.05, 0.1) is 11.7 Å². The predicted octanol–water partition coefficient (Wildman–Crippen LogP) is 2.63. The van der Waals surface area contributed by atoms with Crippen molar-refractivity contribution in [3.05, 3.63) is 11.4 Å². The number of aromatic nitrogens is 3. The van der Waals surface area contributed by atoms with Crippen LogP contribution in [0, 0.1) is 12.8 Å². The van der Waals surface area contributed by atoms with Crippen molar-refractivity contribution in [3.63, 3.8) is 0 Å². The Hall–Kier alpha value is -1.14. The maximum Gasteiger partial charge on any atom is 0.273 e. The molecule has 1 aliphatic carbocycles. The van der Waals surface area contributed by atoms with Gasteiger partial charge in [0.25, 0.3) is 5.91 Å². The van der Waals surface area contributed by atoms with Gasteiger partial charge >= 0.3 is 0 Å². The molecule has 6 nitrogen and oxygen atoms in total. The summed E-state index contributed by atoms with van der Waals surface area (Å²) in [5.41, 5.74) is 1.38. The molecule has 24 heavy (non-hydrogen) atoms. The van der Waals surface area contributed by atoms with E-state index in [1.165, 1.54) is 32.1 Å². The Morgan fingerprint density at radius 1 is 1.25 bits per heavy atom. The summed E-state index contributed by atoms with van der Waals surface area (Å²) in [5, 5.41) is 14.7. The average Bonchev–Trinajstić information content (AvgIpc) is 3.22. The predicted molar refractivity (Wildman–Crippen MR) is 96.7 cm³/mol. The number of hydrogen-bond donors (Lipinski definition) is 2. The zero-order valence-electron chi connectivity index (χ0n) is 14.6. The summed E-state index contributed by atoms with van der Waals surface area (Å²) < 4.78 is 1.94. The number of nitrogens with zero attached hydrogens (tertiary/aromatic N) is 3. The van der Waals surface area contributed by atoms with E-state index < -0.39 is 0 Å². The molecule has 2 heterocycles. The topological polar surface area (TPSA) is 71.8 Å². The van der Waals surface area contributed by atoms with Crippen LogP contribution in [0.1, 0.15) is 73.6 Å². The fourth-order valence-electron chi connectivity index (χ4n) is 3.92. The molecule has 1 amide bonds. The molecular formula is C17H30ClN5O. The zero-order valence-corrected chi connectivity index (χ0v) is 15.4. The van der Waals surface area contributed by atoms with Crippen molar-refractivity contribution in [1.29, 1.82) is 0 Å². The second-order valence-electron chi connectivity index (χ2n) is 7.00. The molecule has 1 aliphatic heterocycles. The lowest BCUT2D eigenvalue weighted by Gasteiger charge is -2.23. The molecule has 0 spiro atoms. The van der Waals surface area contributed by atoms with Crippen molar-refractivity contribution in [2.75, 3.05) is 19.6 Å². The summed E-state index contributed by atoms with van der Waals surface area (Å²) in [7, 11) is 0. The first kappa shape index (κ1) is 19.2. The molecule has 1 saturated heterocycles. The summed E-state index contributed by atoms with van der Waals surface area (Å²) in [6, 6.07) is 0.368. The molecule has 0 bridgehead atoms. The van der Waals surface area contributed by atoms with E-state index in [1.54, 1.807) is 0 Å². The van der Waals surface area contributed by atoms with E-state index in [4.69, 9.17) is 0 Å². The van der Waals surface area contributed by atoms with E-state index in [9.17, 15) is 4.79 Å². The lowest BCUT2D eigenvalue weighted by molar-refractivity contribution is 0.0946.